The summed E-state index contributed by atoms with van der Waals surface area (Å²) in [5.41, 5.74) is 0.991. The van der Waals surface area contributed by atoms with Crippen LogP contribution >= 0.6 is 23.8 Å². The molecule has 0 aliphatic carbocycles. The molecule has 3 rings (SSSR count). The number of carbonyl (C=O) groups is 2. The molecule has 1 N–H and O–H groups in total. The van der Waals surface area contributed by atoms with Crippen molar-refractivity contribution in [2.45, 2.75) is 6.92 Å². The molecule has 1 heterocycles. The Labute approximate surface area is 164 Å². The lowest BCUT2D eigenvalue weighted by molar-refractivity contribution is -0.385. The molecule has 1 aliphatic heterocycles. The molecule has 1 aliphatic rings. The van der Waals surface area contributed by atoms with Crippen LogP contribution < -0.4 is 10.2 Å². The number of anilines is 1. The van der Waals surface area contributed by atoms with Gasteiger partial charge in [-0.2, -0.15) is 0 Å². The van der Waals surface area contributed by atoms with E-state index in [-0.39, 0.29) is 16.4 Å². The highest BCUT2D eigenvalue weighted by Gasteiger charge is 2.34. The Hall–Kier alpha value is -3.10. The Kier molecular flexibility index (Phi) is 5.02. The van der Waals surface area contributed by atoms with E-state index in [9.17, 15) is 19.7 Å². The molecule has 0 radical (unpaired) electrons. The Bertz CT molecular complexity index is 1020. The second kappa shape index (κ2) is 7.26. The van der Waals surface area contributed by atoms with Crippen LogP contribution in [0.15, 0.2) is 48.0 Å². The minimum Gasteiger partial charge on any atom is -0.298 e. The number of halogens is 1. The van der Waals surface area contributed by atoms with Gasteiger partial charge in [0.15, 0.2) is 5.11 Å². The molecule has 0 bridgehead atoms. The molecule has 9 heteroatoms. The summed E-state index contributed by atoms with van der Waals surface area (Å²) >= 11 is 11.0. The number of amides is 2. The van der Waals surface area contributed by atoms with Crippen molar-refractivity contribution in [3.63, 3.8) is 0 Å². The minimum absolute atomic E-state index is 0.0561. The molecular weight excluding hydrogens is 390 g/mol. The summed E-state index contributed by atoms with van der Waals surface area (Å²) in [4.78, 5) is 36.9. The van der Waals surface area contributed by atoms with Crippen LogP contribution in [0, 0.1) is 17.0 Å². The molecular formula is C18H12ClN3O4S. The fourth-order valence-corrected chi connectivity index (χ4v) is 2.97. The van der Waals surface area contributed by atoms with Crippen molar-refractivity contribution in [3.8, 4) is 0 Å². The van der Waals surface area contributed by atoms with Gasteiger partial charge in [-0.3, -0.25) is 29.9 Å². The van der Waals surface area contributed by atoms with Crippen LogP contribution in [0.5, 0.6) is 0 Å². The first-order valence-corrected chi connectivity index (χ1v) is 8.48. The van der Waals surface area contributed by atoms with E-state index >= 15 is 0 Å². The average molecular weight is 402 g/mol. The van der Waals surface area contributed by atoms with Crippen molar-refractivity contribution in [2.24, 2.45) is 0 Å². The molecule has 2 aromatic carbocycles. The van der Waals surface area contributed by atoms with Gasteiger partial charge in [-0.1, -0.05) is 23.7 Å². The standard InChI is InChI=1S/C18H12ClN3O4S/c1-10-2-3-11(9-15(10)22(25)26)8-14-16(23)20-18(27)21(17(14)24)13-6-4-12(19)5-7-13/h2-9H,1H3,(H,20,23,27). The molecule has 2 amide bonds. The number of thiocarbonyl (C=S) groups is 1. The van der Waals surface area contributed by atoms with E-state index in [2.05, 4.69) is 5.32 Å². The molecule has 0 spiro atoms. The predicted molar refractivity (Wildman–Crippen MR) is 105 cm³/mol. The quantitative estimate of drug-likeness (QED) is 0.280. The SMILES string of the molecule is Cc1ccc(C=C2C(=O)NC(=S)N(c3ccc(Cl)cc3)C2=O)cc1[N+](=O)[O-]. The van der Waals surface area contributed by atoms with Gasteiger partial charge in [0.05, 0.1) is 10.6 Å². The van der Waals surface area contributed by atoms with Gasteiger partial charge in [-0.15, -0.1) is 0 Å². The van der Waals surface area contributed by atoms with Crippen molar-refractivity contribution in [1.82, 2.24) is 5.32 Å². The van der Waals surface area contributed by atoms with Gasteiger partial charge in [0.1, 0.15) is 5.57 Å². The van der Waals surface area contributed by atoms with Crippen LogP contribution in [0.2, 0.25) is 5.02 Å². The van der Waals surface area contributed by atoms with Crippen LogP contribution in [0.3, 0.4) is 0 Å². The minimum atomic E-state index is -0.668. The average Bonchev–Trinajstić information content (AvgIpc) is 2.61. The van der Waals surface area contributed by atoms with E-state index in [1.807, 2.05) is 0 Å². The Morgan fingerprint density at radius 3 is 2.48 bits per heavy atom. The molecule has 0 aromatic heterocycles. The largest absolute Gasteiger partial charge is 0.298 e. The fourth-order valence-electron chi connectivity index (χ4n) is 2.56. The predicted octanol–water partition coefficient (Wildman–Crippen LogP) is 3.39. The number of benzene rings is 2. The Balaban J connectivity index is 2.03. The highest BCUT2D eigenvalue weighted by molar-refractivity contribution is 7.80. The van der Waals surface area contributed by atoms with Crippen LogP contribution in [0.25, 0.3) is 6.08 Å². The first-order valence-electron chi connectivity index (χ1n) is 7.70. The summed E-state index contributed by atoms with van der Waals surface area (Å²) in [7, 11) is 0. The number of nitro benzene ring substituents is 1. The molecule has 136 valence electrons. The van der Waals surface area contributed by atoms with E-state index in [1.54, 1.807) is 43.3 Å². The fraction of sp³-hybridized carbons (Fsp3) is 0.0556. The number of nitro groups is 1. The smallest absolute Gasteiger partial charge is 0.272 e. The van der Waals surface area contributed by atoms with Gasteiger partial charge in [0, 0.05) is 16.7 Å². The van der Waals surface area contributed by atoms with Crippen LogP contribution in [0.1, 0.15) is 11.1 Å². The molecule has 27 heavy (non-hydrogen) atoms. The van der Waals surface area contributed by atoms with E-state index in [0.717, 1.165) is 0 Å². The molecule has 1 fully saturated rings. The number of aryl methyl sites for hydroxylation is 1. The summed E-state index contributed by atoms with van der Waals surface area (Å²) in [5, 5.41) is 14.0. The van der Waals surface area contributed by atoms with Gasteiger partial charge in [0.2, 0.25) is 0 Å². The summed E-state index contributed by atoms with van der Waals surface area (Å²) in [6, 6.07) is 10.8. The first kappa shape index (κ1) is 18.7. The van der Waals surface area contributed by atoms with Gasteiger partial charge in [0.25, 0.3) is 17.5 Å². The zero-order valence-electron chi connectivity index (χ0n) is 13.9. The third kappa shape index (κ3) is 3.71. The van der Waals surface area contributed by atoms with E-state index in [1.165, 1.54) is 17.0 Å². The number of carbonyl (C=O) groups excluding carboxylic acids is 2. The third-order valence-corrected chi connectivity index (χ3v) is 4.46. The molecule has 1 saturated heterocycles. The number of nitrogens with zero attached hydrogens (tertiary/aromatic N) is 2. The maximum Gasteiger partial charge on any atom is 0.272 e. The molecule has 0 unspecified atom stereocenters. The molecule has 0 atom stereocenters. The summed E-state index contributed by atoms with van der Waals surface area (Å²) in [6.45, 7) is 1.61. The monoisotopic (exact) mass is 401 g/mol. The summed E-state index contributed by atoms with van der Waals surface area (Å²) in [6.07, 6.45) is 1.30. The van der Waals surface area contributed by atoms with Crippen molar-refractivity contribution >= 4 is 58.2 Å². The first-order chi connectivity index (χ1) is 12.8. The van der Waals surface area contributed by atoms with Gasteiger partial charge >= 0.3 is 0 Å². The van der Waals surface area contributed by atoms with Crippen molar-refractivity contribution in [1.29, 1.82) is 0 Å². The number of hydrogen-bond donors (Lipinski definition) is 1. The lowest BCUT2D eigenvalue weighted by Crippen LogP contribution is -2.54. The van der Waals surface area contributed by atoms with Gasteiger partial charge in [-0.05, 0) is 55.0 Å². The van der Waals surface area contributed by atoms with Crippen molar-refractivity contribution in [2.75, 3.05) is 4.90 Å². The highest BCUT2D eigenvalue weighted by atomic mass is 35.5. The zero-order valence-corrected chi connectivity index (χ0v) is 15.5. The van der Waals surface area contributed by atoms with E-state index in [0.29, 0.717) is 21.8 Å². The number of hydrogen-bond acceptors (Lipinski definition) is 5. The third-order valence-electron chi connectivity index (χ3n) is 3.93. The highest BCUT2D eigenvalue weighted by Crippen LogP contribution is 2.25. The maximum absolute atomic E-state index is 12.9. The van der Waals surface area contributed by atoms with E-state index in [4.69, 9.17) is 23.8 Å². The lowest BCUT2D eigenvalue weighted by Gasteiger charge is -2.28. The van der Waals surface area contributed by atoms with Gasteiger partial charge in [-0.25, -0.2) is 0 Å². The van der Waals surface area contributed by atoms with Crippen LogP contribution in [-0.4, -0.2) is 21.9 Å². The van der Waals surface area contributed by atoms with E-state index < -0.39 is 16.7 Å². The topological polar surface area (TPSA) is 92.6 Å². The second-order valence-electron chi connectivity index (χ2n) is 5.74. The lowest BCUT2D eigenvalue weighted by atomic mass is 10.0. The van der Waals surface area contributed by atoms with Crippen molar-refractivity contribution in [3.05, 3.63) is 74.3 Å². The van der Waals surface area contributed by atoms with Gasteiger partial charge < -0.3 is 0 Å². The van der Waals surface area contributed by atoms with Crippen LogP contribution in [0.4, 0.5) is 11.4 Å². The summed E-state index contributed by atoms with van der Waals surface area (Å²) < 4.78 is 0. The maximum atomic E-state index is 12.9. The second-order valence-corrected chi connectivity index (χ2v) is 6.56. The van der Waals surface area contributed by atoms with Crippen molar-refractivity contribution < 1.29 is 14.5 Å². The van der Waals surface area contributed by atoms with Crippen LogP contribution in [-0.2, 0) is 9.59 Å². The Morgan fingerprint density at radius 1 is 1.19 bits per heavy atom. The molecule has 0 saturated carbocycles. The normalized spacial score (nSPS) is 15.9. The molecule has 7 nitrogen and oxygen atoms in total. The summed E-state index contributed by atoms with van der Waals surface area (Å²) in [5.74, 6) is -1.30. The Morgan fingerprint density at radius 2 is 1.85 bits per heavy atom. The number of rotatable bonds is 3. The number of nitrogens with one attached hydrogen (secondary N) is 1. The molecule has 2 aromatic rings. The zero-order chi connectivity index (χ0) is 19.7.